The van der Waals surface area contributed by atoms with Gasteiger partial charge in [-0.05, 0) is 34.5 Å². The number of imidazole rings is 1. The first-order valence-electron chi connectivity index (χ1n) is 6.48. The van der Waals surface area contributed by atoms with E-state index in [0.717, 1.165) is 18.1 Å². The second-order valence-electron chi connectivity index (χ2n) is 4.30. The molecule has 21 heavy (non-hydrogen) atoms. The van der Waals surface area contributed by atoms with Gasteiger partial charge in [0, 0.05) is 18.9 Å². The van der Waals surface area contributed by atoms with E-state index >= 15 is 0 Å². The van der Waals surface area contributed by atoms with Gasteiger partial charge in [0.2, 0.25) is 5.89 Å². The molecule has 8 heteroatoms. The lowest BCUT2D eigenvalue weighted by molar-refractivity contribution is 0.486. The van der Waals surface area contributed by atoms with Crippen LogP contribution in [-0.4, -0.2) is 19.7 Å². The van der Waals surface area contributed by atoms with Crippen LogP contribution in [0.3, 0.4) is 0 Å². The van der Waals surface area contributed by atoms with Crippen LogP contribution in [0.5, 0.6) is 0 Å². The molecule has 3 aromatic heterocycles. The van der Waals surface area contributed by atoms with E-state index in [9.17, 15) is 0 Å². The molecule has 6 nitrogen and oxygen atoms in total. The summed E-state index contributed by atoms with van der Waals surface area (Å²) in [6.45, 7) is 3.10. The van der Waals surface area contributed by atoms with Gasteiger partial charge in [-0.15, -0.1) is 10.2 Å². The van der Waals surface area contributed by atoms with E-state index in [1.165, 1.54) is 0 Å². The van der Waals surface area contributed by atoms with Crippen LogP contribution >= 0.6 is 27.7 Å². The number of aryl methyl sites for hydroxylation is 1. The Hall–Kier alpha value is -1.54. The first kappa shape index (κ1) is 14.4. The van der Waals surface area contributed by atoms with Crippen molar-refractivity contribution in [2.75, 3.05) is 0 Å². The summed E-state index contributed by atoms with van der Waals surface area (Å²) in [4.78, 5) is 4.33. The van der Waals surface area contributed by atoms with Gasteiger partial charge in [-0.1, -0.05) is 18.7 Å². The van der Waals surface area contributed by atoms with Crippen LogP contribution in [-0.2, 0) is 12.3 Å². The van der Waals surface area contributed by atoms with Gasteiger partial charge in [-0.3, -0.25) is 0 Å². The average molecular weight is 369 g/mol. The van der Waals surface area contributed by atoms with Crippen molar-refractivity contribution < 1.29 is 8.83 Å². The summed E-state index contributed by atoms with van der Waals surface area (Å²) in [6.07, 6.45) is 4.85. The van der Waals surface area contributed by atoms with Crippen LogP contribution in [0.15, 0.2) is 43.2 Å². The monoisotopic (exact) mass is 368 g/mol. The highest BCUT2D eigenvalue weighted by Crippen LogP contribution is 2.26. The Kier molecular flexibility index (Phi) is 4.45. The van der Waals surface area contributed by atoms with E-state index in [2.05, 4.69) is 42.6 Å². The van der Waals surface area contributed by atoms with Gasteiger partial charge in [0.05, 0.1) is 5.75 Å². The highest BCUT2D eigenvalue weighted by molar-refractivity contribution is 9.10. The smallest absolute Gasteiger partial charge is 0.283 e. The third-order valence-electron chi connectivity index (χ3n) is 2.72. The molecule has 0 atom stereocenters. The van der Waals surface area contributed by atoms with Crippen LogP contribution in [0.25, 0.3) is 11.7 Å². The summed E-state index contributed by atoms with van der Waals surface area (Å²) >= 11 is 4.82. The van der Waals surface area contributed by atoms with E-state index < -0.39 is 0 Å². The van der Waals surface area contributed by atoms with Crippen molar-refractivity contribution in [3.63, 3.8) is 0 Å². The fourth-order valence-corrected chi connectivity index (χ4v) is 2.94. The van der Waals surface area contributed by atoms with Gasteiger partial charge in [0.25, 0.3) is 5.89 Å². The Morgan fingerprint density at radius 3 is 2.95 bits per heavy atom. The van der Waals surface area contributed by atoms with Crippen molar-refractivity contribution in [3.05, 3.63) is 35.1 Å². The standard InChI is InChI=1S/C13H13BrN4O2S/c1-2-6-18-7-5-15-13(18)21-8-11-16-17-12(20-11)9-3-4-10(14)19-9/h3-5,7H,2,6,8H2,1H3. The SMILES string of the molecule is CCCn1ccnc1SCc1nnc(-c2ccc(Br)o2)o1. The average Bonchev–Trinajstić information content (AvgIpc) is 3.17. The Bertz CT molecular complexity index is 721. The molecule has 0 N–H and O–H groups in total. The molecular formula is C13H13BrN4O2S. The summed E-state index contributed by atoms with van der Waals surface area (Å²) in [6, 6.07) is 3.57. The molecule has 0 radical (unpaired) electrons. The van der Waals surface area contributed by atoms with Crippen molar-refractivity contribution in [1.82, 2.24) is 19.7 Å². The van der Waals surface area contributed by atoms with Crippen LogP contribution < -0.4 is 0 Å². The Morgan fingerprint density at radius 1 is 1.29 bits per heavy atom. The molecule has 0 saturated heterocycles. The summed E-state index contributed by atoms with van der Waals surface area (Å²) in [5, 5.41) is 8.97. The van der Waals surface area contributed by atoms with E-state index in [1.807, 2.05) is 6.20 Å². The normalized spacial score (nSPS) is 11.1. The molecule has 0 spiro atoms. The lowest BCUT2D eigenvalue weighted by atomic mass is 10.5. The molecule has 3 aromatic rings. The zero-order chi connectivity index (χ0) is 14.7. The van der Waals surface area contributed by atoms with Gasteiger partial charge < -0.3 is 13.4 Å². The minimum atomic E-state index is 0.383. The van der Waals surface area contributed by atoms with Crippen molar-refractivity contribution >= 4 is 27.7 Å². The number of aromatic nitrogens is 4. The summed E-state index contributed by atoms with van der Waals surface area (Å²) in [5.74, 6) is 2.06. The third kappa shape index (κ3) is 3.38. The number of furan rings is 1. The largest absolute Gasteiger partial charge is 0.444 e. The predicted molar refractivity (Wildman–Crippen MR) is 81.8 cm³/mol. The third-order valence-corrected chi connectivity index (χ3v) is 4.13. The number of rotatable bonds is 6. The van der Waals surface area contributed by atoms with Gasteiger partial charge >= 0.3 is 0 Å². The maximum Gasteiger partial charge on any atom is 0.283 e. The molecule has 0 amide bonds. The van der Waals surface area contributed by atoms with Crippen LogP contribution in [0.1, 0.15) is 19.2 Å². The van der Waals surface area contributed by atoms with Crippen molar-refractivity contribution in [2.24, 2.45) is 0 Å². The second-order valence-corrected chi connectivity index (χ2v) is 6.02. The molecule has 3 heterocycles. The molecule has 110 valence electrons. The summed E-state index contributed by atoms with van der Waals surface area (Å²) < 4.78 is 13.7. The minimum absolute atomic E-state index is 0.383. The molecule has 0 aliphatic carbocycles. The number of nitrogens with zero attached hydrogens (tertiary/aromatic N) is 4. The van der Waals surface area contributed by atoms with E-state index in [1.54, 1.807) is 30.1 Å². The van der Waals surface area contributed by atoms with E-state index in [-0.39, 0.29) is 0 Å². The summed E-state index contributed by atoms with van der Waals surface area (Å²) in [7, 11) is 0. The molecular weight excluding hydrogens is 356 g/mol. The molecule has 3 rings (SSSR count). The molecule has 0 aliphatic rings. The summed E-state index contributed by atoms with van der Waals surface area (Å²) in [5.41, 5.74) is 0. The van der Waals surface area contributed by atoms with E-state index in [4.69, 9.17) is 8.83 Å². The first-order chi connectivity index (χ1) is 10.3. The van der Waals surface area contributed by atoms with Gasteiger partial charge in [0.1, 0.15) is 0 Å². The fraction of sp³-hybridized carbons (Fsp3) is 0.308. The van der Waals surface area contributed by atoms with Gasteiger partial charge in [0.15, 0.2) is 15.6 Å². The zero-order valence-electron chi connectivity index (χ0n) is 11.3. The fourth-order valence-electron chi connectivity index (χ4n) is 1.81. The van der Waals surface area contributed by atoms with Crippen LogP contribution in [0.2, 0.25) is 0 Å². The number of thioether (sulfide) groups is 1. The van der Waals surface area contributed by atoms with Gasteiger partial charge in [-0.2, -0.15) is 0 Å². The zero-order valence-corrected chi connectivity index (χ0v) is 13.7. The predicted octanol–water partition coefficient (Wildman–Crippen LogP) is 3.99. The maximum atomic E-state index is 5.59. The number of halogens is 1. The topological polar surface area (TPSA) is 69.9 Å². The number of hydrogen-bond donors (Lipinski definition) is 0. The molecule has 0 unspecified atom stereocenters. The second kappa shape index (κ2) is 6.48. The van der Waals surface area contributed by atoms with Crippen LogP contribution in [0, 0.1) is 0 Å². The van der Waals surface area contributed by atoms with Crippen molar-refractivity contribution in [3.8, 4) is 11.7 Å². The molecule has 0 fully saturated rings. The lowest BCUT2D eigenvalue weighted by Gasteiger charge is -2.03. The highest BCUT2D eigenvalue weighted by atomic mass is 79.9. The maximum absolute atomic E-state index is 5.59. The molecule has 0 aromatic carbocycles. The number of hydrogen-bond acceptors (Lipinski definition) is 6. The molecule has 0 bridgehead atoms. The molecule has 0 saturated carbocycles. The quantitative estimate of drug-likeness (QED) is 0.612. The van der Waals surface area contributed by atoms with Crippen molar-refractivity contribution in [1.29, 1.82) is 0 Å². The lowest BCUT2D eigenvalue weighted by Crippen LogP contribution is -1.97. The van der Waals surface area contributed by atoms with E-state index in [0.29, 0.717) is 28.0 Å². The molecule has 0 aliphatic heterocycles. The Balaban J connectivity index is 1.66. The Labute approximate surface area is 134 Å². The van der Waals surface area contributed by atoms with Crippen molar-refractivity contribution in [2.45, 2.75) is 30.8 Å². The minimum Gasteiger partial charge on any atom is -0.444 e. The van der Waals surface area contributed by atoms with Crippen LogP contribution in [0.4, 0.5) is 0 Å². The van der Waals surface area contributed by atoms with Gasteiger partial charge in [-0.25, -0.2) is 4.98 Å². The highest BCUT2D eigenvalue weighted by Gasteiger charge is 2.13. The Morgan fingerprint density at radius 2 is 2.19 bits per heavy atom. The first-order valence-corrected chi connectivity index (χ1v) is 8.26.